The maximum absolute atomic E-state index is 5.23. The minimum absolute atomic E-state index is 0.464. The van der Waals surface area contributed by atoms with E-state index in [1.54, 1.807) is 0 Å². The molecule has 0 atom stereocenters. The molecule has 0 amide bonds. The average Bonchev–Trinajstić information content (AvgIpc) is 3.81. The maximum Gasteiger partial charge on any atom is 0.115 e. The second-order valence-corrected chi connectivity index (χ2v) is 15.8. The van der Waals surface area contributed by atoms with Crippen molar-refractivity contribution in [2.24, 2.45) is 9.98 Å². The van der Waals surface area contributed by atoms with Crippen molar-refractivity contribution < 1.29 is 0 Å². The molecule has 0 saturated carbocycles. The molecule has 2 aliphatic rings. The lowest BCUT2D eigenvalue weighted by Gasteiger charge is -2.22. The lowest BCUT2D eigenvalue weighted by atomic mass is 9.82. The van der Waals surface area contributed by atoms with Gasteiger partial charge in [0.2, 0.25) is 0 Å². The summed E-state index contributed by atoms with van der Waals surface area (Å²) >= 11 is 0. The van der Waals surface area contributed by atoms with E-state index in [0.717, 1.165) is 40.0 Å². The fraction of sp³-hybridized carbons (Fsp3) is 0.0357. The van der Waals surface area contributed by atoms with E-state index in [2.05, 4.69) is 185 Å². The predicted octanol–water partition coefficient (Wildman–Crippen LogP) is 13.9. The van der Waals surface area contributed by atoms with Crippen LogP contribution in [0.15, 0.2) is 210 Å². The molecule has 2 heterocycles. The summed E-state index contributed by atoms with van der Waals surface area (Å²) in [6, 6.07) is 61.9. The topological polar surface area (TPSA) is 34.6 Å². The van der Waals surface area contributed by atoms with Gasteiger partial charge >= 0.3 is 0 Å². The highest BCUT2D eigenvalue weighted by atomic mass is 15.1. The van der Waals surface area contributed by atoms with Gasteiger partial charge in [0.1, 0.15) is 6.67 Å². The van der Waals surface area contributed by atoms with Crippen LogP contribution in [0.5, 0.6) is 0 Å². The lowest BCUT2D eigenvalue weighted by Crippen LogP contribution is -2.06. The van der Waals surface area contributed by atoms with Crippen LogP contribution in [-0.2, 0) is 13.1 Å². The molecular weight excluding hydrogens is 729 g/mol. The van der Waals surface area contributed by atoms with Crippen molar-refractivity contribution >= 4 is 72.5 Å². The Morgan fingerprint density at radius 1 is 0.517 bits per heavy atom. The SMILES string of the molecule is C=N/C(=C1/C=CC=C/C1=N/Cn1c2ccccc2c2cc(-c3ccc4c(c3)c3c5cccc6c5c(cc3n4-c3ccccc3)Cc3ccccc3-6)ccc21)c1ccccc1. The molecule has 0 fully saturated rings. The summed E-state index contributed by atoms with van der Waals surface area (Å²) in [6.07, 6.45) is 9.14. The van der Waals surface area contributed by atoms with Crippen LogP contribution in [0.4, 0.5) is 0 Å². The minimum atomic E-state index is 0.464. The van der Waals surface area contributed by atoms with Crippen molar-refractivity contribution in [3.8, 4) is 27.9 Å². The summed E-state index contributed by atoms with van der Waals surface area (Å²) in [6.45, 7) is 4.39. The Morgan fingerprint density at radius 3 is 2.05 bits per heavy atom. The molecule has 60 heavy (non-hydrogen) atoms. The summed E-state index contributed by atoms with van der Waals surface area (Å²) in [5.41, 5.74) is 17.4. The van der Waals surface area contributed by atoms with Gasteiger partial charge in [0.25, 0.3) is 0 Å². The number of allylic oxidation sites excluding steroid dienone is 5. The van der Waals surface area contributed by atoms with Crippen molar-refractivity contribution in [1.29, 1.82) is 0 Å². The van der Waals surface area contributed by atoms with Gasteiger partial charge in [0, 0.05) is 38.4 Å². The van der Waals surface area contributed by atoms with Crippen molar-refractivity contribution in [1.82, 2.24) is 9.13 Å². The van der Waals surface area contributed by atoms with Crippen LogP contribution in [0.2, 0.25) is 0 Å². The molecule has 12 rings (SSSR count). The van der Waals surface area contributed by atoms with Crippen molar-refractivity contribution in [3.63, 3.8) is 0 Å². The fourth-order valence-corrected chi connectivity index (χ4v) is 9.89. The van der Waals surface area contributed by atoms with Gasteiger partial charge in [0.15, 0.2) is 0 Å². The van der Waals surface area contributed by atoms with Crippen molar-refractivity contribution in [3.05, 3.63) is 216 Å². The van der Waals surface area contributed by atoms with Crippen LogP contribution in [0.1, 0.15) is 16.7 Å². The molecular formula is C56H38N4. The normalized spacial score (nSPS) is 14.8. The Bertz CT molecular complexity index is 3540. The smallest absolute Gasteiger partial charge is 0.115 e. The molecule has 0 N–H and O–H groups in total. The summed E-state index contributed by atoms with van der Waals surface area (Å²) in [5.74, 6) is 0. The van der Waals surface area contributed by atoms with E-state index in [-0.39, 0.29) is 0 Å². The number of benzene rings is 8. The monoisotopic (exact) mass is 766 g/mol. The first-order chi connectivity index (χ1) is 29.7. The molecule has 4 heteroatoms. The number of rotatable bonds is 6. The van der Waals surface area contributed by atoms with Crippen molar-refractivity contribution in [2.45, 2.75) is 13.1 Å². The molecule has 0 aliphatic heterocycles. The van der Waals surface area contributed by atoms with E-state index in [1.807, 2.05) is 30.4 Å². The molecule has 0 radical (unpaired) electrons. The highest BCUT2D eigenvalue weighted by molar-refractivity contribution is 6.25. The van der Waals surface area contributed by atoms with Gasteiger partial charge in [-0.15, -0.1) is 0 Å². The van der Waals surface area contributed by atoms with E-state index in [9.17, 15) is 0 Å². The van der Waals surface area contributed by atoms with E-state index >= 15 is 0 Å². The van der Waals surface area contributed by atoms with E-state index in [0.29, 0.717) is 6.67 Å². The maximum atomic E-state index is 5.23. The molecule has 10 aromatic rings. The molecule has 0 bridgehead atoms. The third kappa shape index (κ3) is 5.24. The second-order valence-electron chi connectivity index (χ2n) is 15.8. The summed E-state index contributed by atoms with van der Waals surface area (Å²) in [5, 5.41) is 7.67. The van der Waals surface area contributed by atoms with Crippen LogP contribution in [-0.4, -0.2) is 21.6 Å². The van der Waals surface area contributed by atoms with E-state index < -0.39 is 0 Å². The number of fused-ring (bicyclic) bond motifs is 9. The van der Waals surface area contributed by atoms with Crippen LogP contribution < -0.4 is 0 Å². The number of aliphatic imine (C=N–C) groups is 2. The van der Waals surface area contributed by atoms with Crippen LogP contribution in [0, 0.1) is 0 Å². The Balaban J connectivity index is 1.02. The number of hydrogen-bond donors (Lipinski definition) is 0. The Labute approximate surface area is 347 Å². The standard InChI is InChI=1S/C56H38N4/c1-57-56(36-15-4-2-5-16-36)45-22-10-12-25-49(45)58-35-59-50-26-13-11-21-43(50)47-32-37(27-29-51(47)59)38-28-30-52-48(33-38)55-46-24-14-23-44-42-20-9-8-17-39(42)31-40(54(44)46)34-53(55)60(52)41-18-6-3-7-19-41/h2-30,32-34H,1,31,35H2/b56-45-,58-49-. The number of nitrogens with zero attached hydrogens (tertiary/aromatic N) is 4. The zero-order valence-corrected chi connectivity index (χ0v) is 32.9. The van der Waals surface area contributed by atoms with Gasteiger partial charge in [0.05, 0.1) is 33.5 Å². The molecule has 4 nitrogen and oxygen atoms in total. The molecule has 2 aliphatic carbocycles. The Hall–Kier alpha value is -7.82. The largest absolute Gasteiger partial charge is 0.320 e. The quantitative estimate of drug-likeness (QED) is 0.151. The fourth-order valence-electron chi connectivity index (χ4n) is 9.89. The van der Waals surface area contributed by atoms with Gasteiger partial charge in [-0.2, -0.15) is 0 Å². The van der Waals surface area contributed by atoms with Gasteiger partial charge in [-0.1, -0.05) is 140 Å². The van der Waals surface area contributed by atoms with Gasteiger partial charge < -0.3 is 9.13 Å². The number of aromatic nitrogens is 2. The zero-order chi connectivity index (χ0) is 39.7. The Kier molecular flexibility index (Phi) is 7.79. The number of para-hydroxylation sites is 2. The number of hydrogen-bond acceptors (Lipinski definition) is 2. The third-order valence-corrected chi connectivity index (χ3v) is 12.5. The predicted molar refractivity (Wildman–Crippen MR) is 254 cm³/mol. The third-order valence-electron chi connectivity index (χ3n) is 12.5. The highest BCUT2D eigenvalue weighted by Crippen LogP contribution is 2.46. The highest BCUT2D eigenvalue weighted by Gasteiger charge is 2.24. The molecule has 0 saturated heterocycles. The summed E-state index contributed by atoms with van der Waals surface area (Å²) in [4.78, 5) is 9.69. The summed E-state index contributed by atoms with van der Waals surface area (Å²) < 4.78 is 4.79. The van der Waals surface area contributed by atoms with Gasteiger partial charge in [-0.3, -0.25) is 9.98 Å². The first-order valence-corrected chi connectivity index (χ1v) is 20.6. The molecule has 8 aromatic carbocycles. The molecule has 2 aromatic heterocycles. The molecule has 0 spiro atoms. The van der Waals surface area contributed by atoms with Gasteiger partial charge in [-0.05, 0) is 112 Å². The molecule has 0 unspecified atom stereocenters. The molecule has 282 valence electrons. The van der Waals surface area contributed by atoms with E-state index in [4.69, 9.17) is 4.99 Å². The lowest BCUT2D eigenvalue weighted by molar-refractivity contribution is 0.793. The van der Waals surface area contributed by atoms with E-state index in [1.165, 1.54) is 82.4 Å². The minimum Gasteiger partial charge on any atom is -0.320 e. The average molecular weight is 767 g/mol. The van der Waals surface area contributed by atoms with Crippen LogP contribution in [0.3, 0.4) is 0 Å². The van der Waals surface area contributed by atoms with Crippen molar-refractivity contribution in [2.75, 3.05) is 0 Å². The van der Waals surface area contributed by atoms with Gasteiger partial charge in [-0.25, -0.2) is 0 Å². The summed E-state index contributed by atoms with van der Waals surface area (Å²) in [7, 11) is 0. The second kappa shape index (κ2) is 13.6. The first kappa shape index (κ1) is 34.2. The van der Waals surface area contributed by atoms with Crippen LogP contribution in [0.25, 0.3) is 88.0 Å². The zero-order valence-electron chi connectivity index (χ0n) is 32.9. The Morgan fingerprint density at radius 2 is 1.20 bits per heavy atom. The van der Waals surface area contributed by atoms with Crippen LogP contribution >= 0.6 is 0 Å². The first-order valence-electron chi connectivity index (χ1n) is 20.6.